The van der Waals surface area contributed by atoms with Gasteiger partial charge < -0.3 is 25.8 Å². The number of methoxy groups -OCH3 is 1. The summed E-state index contributed by atoms with van der Waals surface area (Å²) in [7, 11) is 1.27. The van der Waals surface area contributed by atoms with Crippen LogP contribution in [0.2, 0.25) is 0 Å². The summed E-state index contributed by atoms with van der Waals surface area (Å²) in [6.07, 6.45) is 0. The average Bonchev–Trinajstić information content (AvgIpc) is 2.69. The van der Waals surface area contributed by atoms with Crippen molar-refractivity contribution in [2.45, 2.75) is 0 Å². The minimum Gasteiger partial charge on any atom is -0.490 e. The van der Waals surface area contributed by atoms with Crippen molar-refractivity contribution in [3.8, 4) is 11.5 Å². The quantitative estimate of drug-likeness (QED) is 0.221. The van der Waals surface area contributed by atoms with Gasteiger partial charge in [0.15, 0.2) is 18.2 Å². The molecule has 2 rings (SSSR count). The molecule has 11 heteroatoms. The number of hydrogen-bond acceptors (Lipinski definition) is 8. The molecule has 0 atom stereocenters. The van der Waals surface area contributed by atoms with Crippen LogP contribution in [0.1, 0.15) is 15.9 Å². The monoisotopic (exact) mass is 388 g/mol. The number of primary amides is 1. The van der Waals surface area contributed by atoms with Crippen molar-refractivity contribution in [1.82, 2.24) is 0 Å². The van der Waals surface area contributed by atoms with E-state index in [0.717, 1.165) is 6.07 Å². The van der Waals surface area contributed by atoms with Gasteiger partial charge >= 0.3 is 11.7 Å². The summed E-state index contributed by atoms with van der Waals surface area (Å²) in [4.78, 5) is 37.8. The highest BCUT2D eigenvalue weighted by molar-refractivity contribution is 5.98. The van der Waals surface area contributed by atoms with Crippen LogP contribution in [-0.2, 0) is 9.63 Å². The molecule has 0 aliphatic rings. The lowest BCUT2D eigenvalue weighted by atomic mass is 10.2. The summed E-state index contributed by atoms with van der Waals surface area (Å²) in [5.74, 6) is -1.27. The van der Waals surface area contributed by atoms with Crippen molar-refractivity contribution in [3.05, 3.63) is 63.7 Å². The van der Waals surface area contributed by atoms with Crippen LogP contribution in [0.15, 0.2) is 47.6 Å². The Morgan fingerprint density at radius 3 is 2.32 bits per heavy atom. The Bertz CT molecular complexity index is 926. The molecule has 0 fully saturated rings. The molecule has 2 aromatic carbocycles. The minimum atomic E-state index is -0.935. The van der Waals surface area contributed by atoms with Crippen LogP contribution in [0.25, 0.3) is 0 Å². The first-order valence-electron chi connectivity index (χ1n) is 7.70. The van der Waals surface area contributed by atoms with Gasteiger partial charge in [0.1, 0.15) is 5.75 Å². The van der Waals surface area contributed by atoms with Gasteiger partial charge in [-0.15, -0.1) is 0 Å². The second-order valence-corrected chi connectivity index (χ2v) is 5.28. The van der Waals surface area contributed by atoms with E-state index in [9.17, 15) is 19.7 Å². The Labute approximate surface area is 158 Å². The van der Waals surface area contributed by atoms with Crippen molar-refractivity contribution < 1.29 is 28.8 Å². The van der Waals surface area contributed by atoms with E-state index in [1.54, 1.807) is 0 Å². The fourth-order valence-electron chi connectivity index (χ4n) is 2.03. The zero-order chi connectivity index (χ0) is 20.7. The van der Waals surface area contributed by atoms with Gasteiger partial charge in [-0.2, -0.15) is 0 Å². The second-order valence-electron chi connectivity index (χ2n) is 5.28. The lowest BCUT2D eigenvalue weighted by Crippen LogP contribution is -2.20. The van der Waals surface area contributed by atoms with E-state index >= 15 is 0 Å². The molecule has 2 aromatic rings. The standard InChI is InChI=1S/C17H16N4O7/c1-26-14-7-4-11(8-13(14)21(24)25)17(23)28-20-16(19)10-2-5-12(6-3-10)27-9-15(18)22/h2-8H,9H2,1H3,(H2,18,22)(H2,19,20). The molecule has 1 amide bonds. The van der Waals surface area contributed by atoms with E-state index in [0.29, 0.717) is 11.3 Å². The summed E-state index contributed by atoms with van der Waals surface area (Å²) in [6.45, 7) is -0.269. The summed E-state index contributed by atoms with van der Waals surface area (Å²) in [5.41, 5.74) is 10.7. The third-order valence-corrected chi connectivity index (χ3v) is 3.37. The average molecular weight is 388 g/mol. The summed E-state index contributed by atoms with van der Waals surface area (Å²) in [6, 6.07) is 9.68. The highest BCUT2D eigenvalue weighted by Crippen LogP contribution is 2.27. The van der Waals surface area contributed by atoms with E-state index in [1.165, 1.54) is 43.5 Å². The predicted molar refractivity (Wildman–Crippen MR) is 96.9 cm³/mol. The fourth-order valence-corrected chi connectivity index (χ4v) is 2.03. The van der Waals surface area contributed by atoms with Crippen LogP contribution in [0.3, 0.4) is 0 Å². The highest BCUT2D eigenvalue weighted by atomic mass is 16.7. The molecule has 4 N–H and O–H groups in total. The number of amidine groups is 1. The van der Waals surface area contributed by atoms with E-state index in [1.807, 2.05) is 0 Å². The van der Waals surface area contributed by atoms with E-state index in [-0.39, 0.29) is 29.4 Å². The van der Waals surface area contributed by atoms with Crippen LogP contribution < -0.4 is 20.9 Å². The molecule has 0 spiro atoms. The van der Waals surface area contributed by atoms with E-state index < -0.39 is 16.8 Å². The Hall–Kier alpha value is -4.15. The van der Waals surface area contributed by atoms with Crippen LogP contribution in [0, 0.1) is 10.1 Å². The Balaban J connectivity index is 2.08. The molecule has 11 nitrogen and oxygen atoms in total. The normalized spacial score (nSPS) is 10.8. The first kappa shape index (κ1) is 20.2. The molecule has 0 radical (unpaired) electrons. The zero-order valence-corrected chi connectivity index (χ0v) is 14.7. The minimum absolute atomic E-state index is 0.00297. The molecule has 0 unspecified atom stereocenters. The largest absolute Gasteiger partial charge is 0.490 e. The number of ether oxygens (including phenoxy) is 2. The molecule has 0 aromatic heterocycles. The van der Waals surface area contributed by atoms with Crippen LogP contribution in [0.5, 0.6) is 11.5 Å². The van der Waals surface area contributed by atoms with Gasteiger partial charge in [-0.25, -0.2) is 4.79 Å². The maximum absolute atomic E-state index is 12.0. The lowest BCUT2D eigenvalue weighted by molar-refractivity contribution is -0.385. The number of oxime groups is 1. The molecule has 28 heavy (non-hydrogen) atoms. The number of rotatable bonds is 8. The van der Waals surface area contributed by atoms with Crippen molar-refractivity contribution >= 4 is 23.4 Å². The SMILES string of the molecule is COc1ccc(C(=O)O/N=C(\N)c2ccc(OCC(N)=O)cc2)cc1[N+](=O)[O-]. The number of nitro groups is 1. The topological polar surface area (TPSA) is 169 Å². The van der Waals surface area contributed by atoms with Crippen LogP contribution >= 0.6 is 0 Å². The van der Waals surface area contributed by atoms with E-state index in [4.69, 9.17) is 25.8 Å². The number of carbonyl (C=O) groups is 2. The lowest BCUT2D eigenvalue weighted by Gasteiger charge is -2.05. The number of nitrogens with two attached hydrogens (primary N) is 2. The van der Waals surface area contributed by atoms with Gasteiger partial charge in [0.2, 0.25) is 0 Å². The second kappa shape index (κ2) is 8.98. The van der Waals surface area contributed by atoms with Crippen molar-refractivity contribution in [2.24, 2.45) is 16.6 Å². The summed E-state index contributed by atoms with van der Waals surface area (Å²) in [5, 5.41) is 14.5. The third kappa shape index (κ3) is 5.17. The number of benzene rings is 2. The van der Waals surface area contributed by atoms with Gasteiger partial charge in [-0.3, -0.25) is 14.9 Å². The maximum Gasteiger partial charge on any atom is 0.366 e. The number of hydrogen-bond donors (Lipinski definition) is 2. The van der Waals surface area contributed by atoms with Gasteiger partial charge in [-0.05, 0) is 36.4 Å². The molecule has 146 valence electrons. The van der Waals surface area contributed by atoms with Crippen LogP contribution in [0.4, 0.5) is 5.69 Å². The van der Waals surface area contributed by atoms with Crippen molar-refractivity contribution in [2.75, 3.05) is 13.7 Å². The smallest absolute Gasteiger partial charge is 0.366 e. The predicted octanol–water partition coefficient (Wildman–Crippen LogP) is 0.945. The number of nitro benzene ring substituents is 1. The summed E-state index contributed by atoms with van der Waals surface area (Å²) >= 11 is 0. The van der Waals surface area contributed by atoms with Crippen molar-refractivity contribution in [3.63, 3.8) is 0 Å². The van der Waals surface area contributed by atoms with Gasteiger partial charge in [-0.1, -0.05) is 5.16 Å². The molecule has 0 heterocycles. The molecule has 0 saturated heterocycles. The molecule has 0 saturated carbocycles. The Kier molecular flexibility index (Phi) is 6.47. The Morgan fingerprint density at radius 1 is 1.11 bits per heavy atom. The number of nitrogens with zero attached hydrogens (tertiary/aromatic N) is 2. The molecule has 0 aliphatic carbocycles. The molecular formula is C17H16N4O7. The van der Waals surface area contributed by atoms with Crippen LogP contribution in [-0.4, -0.2) is 36.4 Å². The number of amides is 1. The first-order valence-corrected chi connectivity index (χ1v) is 7.70. The first-order chi connectivity index (χ1) is 13.3. The van der Waals surface area contributed by atoms with Gasteiger partial charge in [0, 0.05) is 11.6 Å². The summed E-state index contributed by atoms with van der Waals surface area (Å²) < 4.78 is 9.96. The molecular weight excluding hydrogens is 372 g/mol. The third-order valence-electron chi connectivity index (χ3n) is 3.37. The highest BCUT2D eigenvalue weighted by Gasteiger charge is 2.19. The van der Waals surface area contributed by atoms with Gasteiger partial charge in [0.05, 0.1) is 17.6 Å². The molecule has 0 aliphatic heterocycles. The van der Waals surface area contributed by atoms with Crippen molar-refractivity contribution in [1.29, 1.82) is 0 Å². The fraction of sp³-hybridized carbons (Fsp3) is 0.118. The molecule has 0 bridgehead atoms. The number of carbonyl (C=O) groups excluding carboxylic acids is 2. The zero-order valence-electron chi connectivity index (χ0n) is 14.7. The Morgan fingerprint density at radius 2 is 1.75 bits per heavy atom. The maximum atomic E-state index is 12.0. The van der Waals surface area contributed by atoms with E-state index in [2.05, 4.69) is 5.16 Å². The van der Waals surface area contributed by atoms with Gasteiger partial charge in [0.25, 0.3) is 5.91 Å².